The number of carbonyl (C=O) groups is 1. The summed E-state index contributed by atoms with van der Waals surface area (Å²) in [5.41, 5.74) is 4.54. The zero-order valence-corrected chi connectivity index (χ0v) is 13.9. The van der Waals surface area contributed by atoms with Crippen LogP contribution in [0.1, 0.15) is 10.4 Å². The van der Waals surface area contributed by atoms with Crippen molar-refractivity contribution in [3.63, 3.8) is 0 Å². The first-order chi connectivity index (χ1) is 11.6. The second-order valence-corrected chi connectivity index (χ2v) is 5.81. The molecule has 0 fully saturated rings. The van der Waals surface area contributed by atoms with E-state index in [0.717, 1.165) is 22.5 Å². The molecular formula is C21H20N2O. The van der Waals surface area contributed by atoms with Gasteiger partial charge in [-0.1, -0.05) is 48.5 Å². The third kappa shape index (κ3) is 3.46. The second kappa shape index (κ2) is 7.01. The summed E-state index contributed by atoms with van der Waals surface area (Å²) in [4.78, 5) is 14.7. The summed E-state index contributed by atoms with van der Waals surface area (Å²) >= 11 is 0. The molecule has 0 atom stereocenters. The van der Waals surface area contributed by atoms with Gasteiger partial charge in [0.15, 0.2) is 0 Å². The molecular weight excluding hydrogens is 296 g/mol. The van der Waals surface area contributed by atoms with Crippen molar-refractivity contribution in [3.8, 4) is 11.1 Å². The molecule has 1 amide bonds. The fourth-order valence-corrected chi connectivity index (χ4v) is 2.59. The molecule has 24 heavy (non-hydrogen) atoms. The summed E-state index contributed by atoms with van der Waals surface area (Å²) < 4.78 is 0. The number of nitrogens with one attached hydrogen (secondary N) is 1. The van der Waals surface area contributed by atoms with Gasteiger partial charge < -0.3 is 10.2 Å². The highest BCUT2D eigenvalue weighted by atomic mass is 16.1. The first kappa shape index (κ1) is 15.8. The Labute approximate surface area is 142 Å². The number of hydrogen-bond donors (Lipinski definition) is 1. The van der Waals surface area contributed by atoms with Gasteiger partial charge in [0, 0.05) is 31.0 Å². The standard InChI is InChI=1S/C21H20N2O/c1-23(2)18-14-12-16(13-15-18)19-10-6-7-11-20(19)21(24)22-17-8-4-3-5-9-17/h3-15H,1-2H3,(H,22,24). The van der Waals surface area contributed by atoms with Gasteiger partial charge in [0.25, 0.3) is 5.91 Å². The fourth-order valence-electron chi connectivity index (χ4n) is 2.59. The van der Waals surface area contributed by atoms with Crippen LogP contribution in [0.2, 0.25) is 0 Å². The highest BCUT2D eigenvalue weighted by molar-refractivity contribution is 6.08. The number of carbonyl (C=O) groups excluding carboxylic acids is 1. The first-order valence-corrected chi connectivity index (χ1v) is 7.88. The van der Waals surface area contributed by atoms with Gasteiger partial charge in [-0.05, 0) is 41.5 Å². The van der Waals surface area contributed by atoms with Gasteiger partial charge in [0.05, 0.1) is 0 Å². The Bertz CT molecular complexity index is 824. The van der Waals surface area contributed by atoms with E-state index in [1.807, 2.05) is 80.8 Å². The van der Waals surface area contributed by atoms with Crippen LogP contribution >= 0.6 is 0 Å². The van der Waals surface area contributed by atoms with Gasteiger partial charge in [-0.2, -0.15) is 0 Å². The number of benzene rings is 3. The van der Waals surface area contributed by atoms with E-state index in [9.17, 15) is 4.79 Å². The molecule has 3 aromatic rings. The van der Waals surface area contributed by atoms with Crippen LogP contribution in [-0.2, 0) is 0 Å². The molecule has 0 aromatic heterocycles. The summed E-state index contributed by atoms with van der Waals surface area (Å²) in [6.45, 7) is 0. The predicted molar refractivity (Wildman–Crippen MR) is 101 cm³/mol. The van der Waals surface area contributed by atoms with Crippen LogP contribution in [0.25, 0.3) is 11.1 Å². The molecule has 3 heteroatoms. The van der Waals surface area contributed by atoms with Crippen molar-refractivity contribution in [2.24, 2.45) is 0 Å². The van der Waals surface area contributed by atoms with Crippen molar-refractivity contribution in [3.05, 3.63) is 84.4 Å². The Morgan fingerprint density at radius 3 is 2.08 bits per heavy atom. The molecule has 0 aliphatic heterocycles. The number of rotatable bonds is 4. The molecule has 0 spiro atoms. The van der Waals surface area contributed by atoms with Gasteiger partial charge in [0.1, 0.15) is 0 Å². The van der Waals surface area contributed by atoms with Crippen molar-refractivity contribution >= 4 is 17.3 Å². The van der Waals surface area contributed by atoms with Crippen molar-refractivity contribution in [1.29, 1.82) is 0 Å². The Kier molecular flexibility index (Phi) is 4.62. The monoisotopic (exact) mass is 316 g/mol. The van der Waals surface area contributed by atoms with Gasteiger partial charge >= 0.3 is 0 Å². The minimum Gasteiger partial charge on any atom is -0.378 e. The number of para-hydroxylation sites is 1. The van der Waals surface area contributed by atoms with Gasteiger partial charge in [0.2, 0.25) is 0 Å². The molecule has 3 aromatic carbocycles. The summed E-state index contributed by atoms with van der Waals surface area (Å²) in [7, 11) is 4.02. The van der Waals surface area contributed by atoms with Crippen LogP contribution in [-0.4, -0.2) is 20.0 Å². The lowest BCUT2D eigenvalue weighted by atomic mass is 9.99. The van der Waals surface area contributed by atoms with E-state index in [0.29, 0.717) is 5.56 Å². The van der Waals surface area contributed by atoms with E-state index < -0.39 is 0 Å². The van der Waals surface area contributed by atoms with Gasteiger partial charge in [-0.15, -0.1) is 0 Å². The molecule has 3 rings (SSSR count). The quantitative estimate of drug-likeness (QED) is 0.758. The molecule has 0 saturated heterocycles. The number of anilines is 2. The average Bonchev–Trinajstić information content (AvgIpc) is 2.62. The van der Waals surface area contributed by atoms with E-state index in [2.05, 4.69) is 22.3 Å². The molecule has 0 saturated carbocycles. The van der Waals surface area contributed by atoms with Crippen LogP contribution in [0.3, 0.4) is 0 Å². The largest absolute Gasteiger partial charge is 0.378 e. The minimum atomic E-state index is -0.103. The lowest BCUT2D eigenvalue weighted by Gasteiger charge is -2.14. The maximum Gasteiger partial charge on any atom is 0.256 e. The van der Waals surface area contributed by atoms with Crippen molar-refractivity contribution < 1.29 is 4.79 Å². The van der Waals surface area contributed by atoms with E-state index >= 15 is 0 Å². The Morgan fingerprint density at radius 2 is 1.42 bits per heavy atom. The highest BCUT2D eigenvalue weighted by Gasteiger charge is 2.12. The van der Waals surface area contributed by atoms with Crippen LogP contribution in [0.5, 0.6) is 0 Å². The minimum absolute atomic E-state index is 0.103. The Morgan fingerprint density at radius 1 is 0.792 bits per heavy atom. The normalized spacial score (nSPS) is 10.2. The van der Waals surface area contributed by atoms with Crippen LogP contribution in [0, 0.1) is 0 Å². The summed E-state index contributed by atoms with van der Waals surface area (Å²) in [5.74, 6) is -0.103. The number of nitrogens with zero attached hydrogens (tertiary/aromatic N) is 1. The molecule has 0 bridgehead atoms. The summed E-state index contributed by atoms with van der Waals surface area (Å²) in [6.07, 6.45) is 0. The fraction of sp³-hybridized carbons (Fsp3) is 0.0952. The third-order valence-electron chi connectivity index (χ3n) is 3.90. The molecule has 0 aliphatic rings. The maximum atomic E-state index is 12.7. The first-order valence-electron chi connectivity index (χ1n) is 7.88. The van der Waals surface area contributed by atoms with Crippen LogP contribution in [0.15, 0.2) is 78.9 Å². The Balaban J connectivity index is 1.91. The molecule has 0 radical (unpaired) electrons. The lowest BCUT2D eigenvalue weighted by Crippen LogP contribution is -2.13. The van der Waals surface area contributed by atoms with Crippen molar-refractivity contribution in [2.45, 2.75) is 0 Å². The molecule has 0 heterocycles. The molecule has 0 aliphatic carbocycles. The molecule has 120 valence electrons. The topological polar surface area (TPSA) is 32.3 Å². The number of amides is 1. The summed E-state index contributed by atoms with van der Waals surface area (Å²) in [5, 5.41) is 2.95. The third-order valence-corrected chi connectivity index (χ3v) is 3.90. The smallest absolute Gasteiger partial charge is 0.256 e. The van der Waals surface area contributed by atoms with E-state index in [1.54, 1.807) is 0 Å². The van der Waals surface area contributed by atoms with Crippen LogP contribution in [0.4, 0.5) is 11.4 Å². The van der Waals surface area contributed by atoms with E-state index in [4.69, 9.17) is 0 Å². The van der Waals surface area contributed by atoms with Crippen molar-refractivity contribution in [2.75, 3.05) is 24.3 Å². The van der Waals surface area contributed by atoms with Gasteiger partial charge in [-0.25, -0.2) is 0 Å². The lowest BCUT2D eigenvalue weighted by molar-refractivity contribution is 0.102. The predicted octanol–water partition coefficient (Wildman–Crippen LogP) is 4.67. The molecule has 1 N–H and O–H groups in total. The maximum absolute atomic E-state index is 12.7. The summed E-state index contributed by atoms with van der Waals surface area (Å²) in [6, 6.07) is 25.4. The average molecular weight is 316 g/mol. The van der Waals surface area contributed by atoms with Gasteiger partial charge in [-0.3, -0.25) is 4.79 Å². The van der Waals surface area contributed by atoms with E-state index in [1.165, 1.54) is 0 Å². The van der Waals surface area contributed by atoms with Crippen molar-refractivity contribution in [1.82, 2.24) is 0 Å². The molecule has 0 unspecified atom stereocenters. The Hall–Kier alpha value is -3.07. The number of hydrogen-bond acceptors (Lipinski definition) is 2. The van der Waals surface area contributed by atoms with Crippen LogP contribution < -0.4 is 10.2 Å². The van der Waals surface area contributed by atoms with E-state index in [-0.39, 0.29) is 5.91 Å². The second-order valence-electron chi connectivity index (χ2n) is 5.81. The zero-order valence-electron chi connectivity index (χ0n) is 13.9. The molecule has 3 nitrogen and oxygen atoms in total. The zero-order chi connectivity index (χ0) is 16.9. The SMILES string of the molecule is CN(C)c1ccc(-c2ccccc2C(=O)Nc2ccccc2)cc1. The highest BCUT2D eigenvalue weighted by Crippen LogP contribution is 2.26.